The second kappa shape index (κ2) is 31.1. The van der Waals surface area contributed by atoms with Crippen molar-refractivity contribution in [3.8, 4) is 5.75 Å². The van der Waals surface area contributed by atoms with Crippen LogP contribution >= 0.6 is 23.4 Å². The van der Waals surface area contributed by atoms with Crippen LogP contribution in [0.2, 0.25) is 5.02 Å². The van der Waals surface area contributed by atoms with E-state index in [0.29, 0.717) is 150 Å². The maximum atomic E-state index is 13.7. The number of imide groups is 1. The molecule has 7 rings (SSSR count). The van der Waals surface area contributed by atoms with E-state index in [1.54, 1.807) is 36.0 Å². The van der Waals surface area contributed by atoms with Gasteiger partial charge in [-0.05, 0) is 75.3 Å². The Morgan fingerprint density at radius 3 is 2.26 bits per heavy atom. The number of halogens is 2. The molecule has 3 saturated heterocycles. The number of piperazine rings is 1. The fourth-order valence-corrected chi connectivity index (χ4v) is 10.4. The van der Waals surface area contributed by atoms with Gasteiger partial charge in [-0.25, -0.2) is 14.4 Å². The van der Waals surface area contributed by atoms with Crippen LogP contribution < -0.4 is 20.7 Å². The summed E-state index contributed by atoms with van der Waals surface area (Å²) < 4.78 is 47.5. The van der Waals surface area contributed by atoms with Crippen molar-refractivity contribution < 1.29 is 56.8 Å². The van der Waals surface area contributed by atoms with Crippen molar-refractivity contribution in [2.45, 2.75) is 49.2 Å². The summed E-state index contributed by atoms with van der Waals surface area (Å²) in [6.45, 7) is 9.50. The number of carbonyl (C=O) groups is 5. The van der Waals surface area contributed by atoms with Crippen molar-refractivity contribution in [1.82, 2.24) is 34.9 Å². The Bertz CT molecular complexity index is 2640. The SMILES string of the molecule is COc1cc2ncnc(Nc3ccc(F)c(Cl)c3)c2cc1NC(=O)/C=C/CN1CCC(N2CCN(C(=O)COCCOCCOCCOCCOCCSc3cccc(C=O)c3CN(C)C3CCC(=O)NC3=O)CC2)CC1. The van der Waals surface area contributed by atoms with Crippen LogP contribution in [0.1, 0.15) is 41.6 Å². The maximum absolute atomic E-state index is 13.7. The third-order valence-electron chi connectivity index (χ3n) is 13.4. The number of hydrogen-bond donors (Lipinski definition) is 3. The van der Waals surface area contributed by atoms with Crippen molar-refractivity contribution in [3.05, 3.63) is 89.0 Å². The molecule has 3 fully saturated rings. The number of piperidine rings is 2. The van der Waals surface area contributed by atoms with Crippen molar-refractivity contribution in [2.75, 3.05) is 142 Å². The number of nitrogens with one attached hydrogen (secondary N) is 3. The first kappa shape index (κ1) is 59.0. The molecule has 1 aromatic heterocycles. The molecule has 0 bridgehead atoms. The lowest BCUT2D eigenvalue weighted by Gasteiger charge is -2.42. The lowest BCUT2D eigenvalue weighted by Crippen LogP contribution is -2.54. The summed E-state index contributed by atoms with van der Waals surface area (Å²) in [4.78, 5) is 79.9. The Labute approximate surface area is 457 Å². The molecule has 4 aromatic rings. The first-order valence-electron chi connectivity index (χ1n) is 25.9. The highest BCUT2D eigenvalue weighted by Crippen LogP contribution is 2.34. The van der Waals surface area contributed by atoms with Gasteiger partial charge in [-0.2, -0.15) is 0 Å². The highest BCUT2D eigenvalue weighted by molar-refractivity contribution is 7.99. The van der Waals surface area contributed by atoms with E-state index in [1.807, 2.05) is 35.1 Å². The van der Waals surface area contributed by atoms with Crippen LogP contribution in [0, 0.1) is 5.82 Å². The van der Waals surface area contributed by atoms with E-state index in [0.717, 1.165) is 55.8 Å². The fourth-order valence-electron chi connectivity index (χ4n) is 9.25. The number of ether oxygens (including phenoxy) is 6. The highest BCUT2D eigenvalue weighted by atomic mass is 35.5. The number of carbonyl (C=O) groups excluding carboxylic acids is 5. The number of methoxy groups -OCH3 is 1. The van der Waals surface area contributed by atoms with Gasteiger partial charge in [-0.3, -0.25) is 44.0 Å². The smallest absolute Gasteiger partial charge is 0.248 e. The quantitative estimate of drug-likeness (QED) is 0.0201. The number of benzene rings is 3. The van der Waals surface area contributed by atoms with Gasteiger partial charge in [-0.15, -0.1) is 11.8 Å². The van der Waals surface area contributed by atoms with Crippen LogP contribution in [0.5, 0.6) is 5.75 Å². The van der Waals surface area contributed by atoms with Gasteiger partial charge in [0.05, 0.1) is 88.8 Å². The molecule has 1 atom stereocenters. The number of thioether (sulfide) groups is 1. The van der Waals surface area contributed by atoms with Crippen molar-refractivity contribution in [3.63, 3.8) is 0 Å². The number of nitrogens with zero attached hydrogens (tertiary/aromatic N) is 6. The molecule has 3 aliphatic rings. The highest BCUT2D eigenvalue weighted by Gasteiger charge is 2.31. The summed E-state index contributed by atoms with van der Waals surface area (Å²) in [5.41, 5.74) is 2.99. The molecule has 77 heavy (non-hydrogen) atoms. The number of likely N-dealkylation sites (tertiary alicyclic amines) is 1. The van der Waals surface area contributed by atoms with E-state index in [4.69, 9.17) is 40.0 Å². The standard InChI is InChI=1S/C54H69ClFN9O11S/c1-62(47-10-11-51(68)61-54(47)70)34-42-38(35-66)5-3-6-49(42)77-30-29-75-26-25-73-22-21-72-23-24-74-27-28-76-36-52(69)65-19-17-64(18-20-65)40-12-15-63(16-13-40)14-4-7-50(67)60-46-32-41-45(33-48(46)71-2)57-37-58-53(41)59-39-8-9-44(56)43(55)31-39/h3-9,31-33,35,37,40,47H,10-30,34,36H2,1-2H3,(H,60,67)(H,57,58,59)(H,61,68,70)/b7-4+. The third-order valence-corrected chi connectivity index (χ3v) is 14.8. The van der Waals surface area contributed by atoms with Gasteiger partial charge in [0.25, 0.3) is 0 Å². The van der Waals surface area contributed by atoms with E-state index in [-0.39, 0.29) is 35.3 Å². The third kappa shape index (κ3) is 18.2. The van der Waals surface area contributed by atoms with E-state index < -0.39 is 11.9 Å². The average Bonchev–Trinajstić information content (AvgIpc) is 3.43. The van der Waals surface area contributed by atoms with Gasteiger partial charge in [0, 0.05) is 91.2 Å². The molecule has 20 nitrogen and oxygen atoms in total. The molecule has 0 spiro atoms. The fraction of sp³-hybridized carbons (Fsp3) is 0.500. The van der Waals surface area contributed by atoms with Crippen LogP contribution in [-0.4, -0.2) is 203 Å². The zero-order valence-corrected chi connectivity index (χ0v) is 45.3. The molecular weight excluding hydrogens is 1040 g/mol. The Morgan fingerprint density at radius 2 is 1.58 bits per heavy atom. The normalized spacial score (nSPS) is 16.8. The lowest BCUT2D eigenvalue weighted by atomic mass is 10.0. The predicted molar refractivity (Wildman–Crippen MR) is 290 cm³/mol. The number of rotatable bonds is 30. The summed E-state index contributed by atoms with van der Waals surface area (Å²) in [5, 5.41) is 9.05. The first-order chi connectivity index (χ1) is 37.5. The Balaban J connectivity index is 0.667. The van der Waals surface area contributed by atoms with Gasteiger partial charge in [0.1, 0.15) is 36.6 Å². The van der Waals surface area contributed by atoms with Gasteiger partial charge >= 0.3 is 0 Å². The number of anilines is 3. The van der Waals surface area contributed by atoms with E-state index in [9.17, 15) is 28.4 Å². The average molecular weight is 1110 g/mol. The molecule has 3 aromatic carbocycles. The van der Waals surface area contributed by atoms with E-state index >= 15 is 0 Å². The summed E-state index contributed by atoms with van der Waals surface area (Å²) in [5.74, 6) is 0.134. The minimum Gasteiger partial charge on any atom is -0.494 e. The number of likely N-dealkylation sites (N-methyl/N-ethyl adjacent to an activating group) is 1. The Morgan fingerprint density at radius 1 is 0.883 bits per heavy atom. The predicted octanol–water partition coefficient (Wildman–Crippen LogP) is 5.20. The summed E-state index contributed by atoms with van der Waals surface area (Å²) in [7, 11) is 3.34. The molecule has 0 radical (unpaired) electrons. The van der Waals surface area contributed by atoms with Gasteiger partial charge in [0.15, 0.2) is 0 Å². The number of aldehydes is 1. The molecular formula is C54H69ClFN9O11S. The second-order valence-corrected chi connectivity index (χ2v) is 20.1. The van der Waals surface area contributed by atoms with E-state index in [1.165, 1.54) is 31.6 Å². The van der Waals surface area contributed by atoms with Crippen LogP contribution in [0.3, 0.4) is 0 Å². The lowest BCUT2D eigenvalue weighted by molar-refractivity contribution is -0.139. The monoisotopic (exact) mass is 1110 g/mol. The number of hydrogen-bond acceptors (Lipinski definition) is 18. The maximum Gasteiger partial charge on any atom is 0.248 e. The molecule has 23 heteroatoms. The molecule has 416 valence electrons. The minimum absolute atomic E-state index is 0.0178. The Hall–Kier alpha value is -5.66. The molecule has 4 amide bonds. The molecule has 4 heterocycles. The van der Waals surface area contributed by atoms with Gasteiger partial charge in [-0.1, -0.05) is 29.8 Å². The van der Waals surface area contributed by atoms with E-state index in [2.05, 4.69) is 35.7 Å². The molecule has 1 unspecified atom stereocenters. The van der Waals surface area contributed by atoms with Crippen LogP contribution in [0.15, 0.2) is 71.9 Å². The first-order valence-corrected chi connectivity index (χ1v) is 27.2. The Kier molecular flexibility index (Phi) is 23.8. The second-order valence-electron chi connectivity index (χ2n) is 18.6. The summed E-state index contributed by atoms with van der Waals surface area (Å²) in [6.07, 6.45) is 8.36. The van der Waals surface area contributed by atoms with Crippen molar-refractivity contribution in [1.29, 1.82) is 0 Å². The number of fused-ring (bicyclic) bond motifs is 1. The largest absolute Gasteiger partial charge is 0.494 e. The zero-order valence-electron chi connectivity index (χ0n) is 43.7. The summed E-state index contributed by atoms with van der Waals surface area (Å²) >= 11 is 7.56. The molecule has 0 saturated carbocycles. The van der Waals surface area contributed by atoms with Crippen molar-refractivity contribution >= 4 is 81.4 Å². The minimum atomic E-state index is -0.527. The van der Waals surface area contributed by atoms with Gasteiger partial charge in [0.2, 0.25) is 23.6 Å². The summed E-state index contributed by atoms with van der Waals surface area (Å²) in [6, 6.07) is 13.3. The van der Waals surface area contributed by atoms with Gasteiger partial charge < -0.3 is 44.0 Å². The molecule has 3 aliphatic heterocycles. The van der Waals surface area contributed by atoms with Crippen LogP contribution in [0.4, 0.5) is 21.6 Å². The number of amides is 4. The topological polar surface area (TPSA) is 216 Å². The van der Waals surface area contributed by atoms with Crippen LogP contribution in [0.25, 0.3) is 10.9 Å². The van der Waals surface area contributed by atoms with Crippen LogP contribution in [-0.2, 0) is 49.4 Å². The zero-order chi connectivity index (χ0) is 54.4. The molecule has 3 N–H and O–H groups in total. The number of aromatic nitrogens is 2. The van der Waals surface area contributed by atoms with Crippen molar-refractivity contribution in [2.24, 2.45) is 0 Å². The molecule has 0 aliphatic carbocycles.